The molecular formula is C11H14O4. The highest BCUT2D eigenvalue weighted by Gasteiger charge is 2.08. The zero-order chi connectivity index (χ0) is 11.1. The molecule has 0 aliphatic heterocycles. The van der Waals surface area contributed by atoms with E-state index in [1.165, 1.54) is 7.11 Å². The van der Waals surface area contributed by atoms with E-state index in [4.69, 9.17) is 14.2 Å². The highest BCUT2D eigenvalue weighted by atomic mass is 16.7. The number of esters is 1. The van der Waals surface area contributed by atoms with E-state index in [1.54, 1.807) is 19.1 Å². The minimum absolute atomic E-state index is 0.113. The lowest BCUT2D eigenvalue weighted by Gasteiger charge is -2.11. The number of rotatable bonds is 5. The molecule has 4 nitrogen and oxygen atoms in total. The molecule has 1 aromatic rings. The van der Waals surface area contributed by atoms with Crippen LogP contribution in [0, 0.1) is 0 Å². The number of ether oxygens (including phenoxy) is 3. The van der Waals surface area contributed by atoms with Crippen LogP contribution in [-0.2, 0) is 14.3 Å². The summed E-state index contributed by atoms with van der Waals surface area (Å²) in [5.74, 6) is 0.188. The van der Waals surface area contributed by atoms with Crippen LogP contribution >= 0.6 is 0 Å². The van der Waals surface area contributed by atoms with Gasteiger partial charge in [-0.25, -0.2) is 4.79 Å². The second kappa shape index (κ2) is 6.03. The van der Waals surface area contributed by atoms with Crippen LogP contribution < -0.4 is 4.74 Å². The van der Waals surface area contributed by atoms with Crippen molar-refractivity contribution in [1.82, 2.24) is 0 Å². The third kappa shape index (κ3) is 4.46. The molecule has 0 spiro atoms. The predicted octanol–water partition coefficient (Wildman–Crippen LogP) is 1.60. The fourth-order valence-corrected chi connectivity index (χ4v) is 0.926. The lowest BCUT2D eigenvalue weighted by molar-refractivity contribution is -0.172. The molecule has 0 fully saturated rings. The Morgan fingerprint density at radius 1 is 1.33 bits per heavy atom. The first-order chi connectivity index (χ1) is 7.22. The summed E-state index contributed by atoms with van der Waals surface area (Å²) in [6.07, 6.45) is -0.545. The SMILES string of the molecule is COC(C)OC(=O)COc1ccccc1. The van der Waals surface area contributed by atoms with Gasteiger partial charge < -0.3 is 14.2 Å². The van der Waals surface area contributed by atoms with Gasteiger partial charge in [0.1, 0.15) is 5.75 Å². The zero-order valence-corrected chi connectivity index (χ0v) is 8.80. The minimum atomic E-state index is -0.545. The molecule has 0 saturated heterocycles. The van der Waals surface area contributed by atoms with Crippen LogP contribution in [0.3, 0.4) is 0 Å². The molecule has 0 aliphatic rings. The molecule has 0 saturated carbocycles. The Balaban J connectivity index is 2.29. The van der Waals surface area contributed by atoms with E-state index in [0.29, 0.717) is 5.75 Å². The van der Waals surface area contributed by atoms with E-state index in [-0.39, 0.29) is 6.61 Å². The normalized spacial score (nSPS) is 11.9. The summed E-state index contributed by atoms with van der Waals surface area (Å²) in [6, 6.07) is 9.08. The van der Waals surface area contributed by atoms with Crippen molar-refractivity contribution in [3.63, 3.8) is 0 Å². The largest absolute Gasteiger partial charge is 0.482 e. The summed E-state index contributed by atoms with van der Waals surface area (Å²) in [4.78, 5) is 11.2. The third-order valence-corrected chi connectivity index (χ3v) is 1.73. The van der Waals surface area contributed by atoms with Crippen molar-refractivity contribution < 1.29 is 19.0 Å². The number of benzene rings is 1. The van der Waals surface area contributed by atoms with Crippen molar-refractivity contribution in [2.24, 2.45) is 0 Å². The summed E-state index contributed by atoms with van der Waals surface area (Å²) < 4.78 is 14.8. The molecule has 1 atom stereocenters. The fraction of sp³-hybridized carbons (Fsp3) is 0.364. The Labute approximate surface area is 88.8 Å². The number of hydrogen-bond acceptors (Lipinski definition) is 4. The standard InChI is InChI=1S/C11H14O4/c1-9(13-2)15-11(12)8-14-10-6-4-3-5-7-10/h3-7,9H,8H2,1-2H3. The van der Waals surface area contributed by atoms with E-state index >= 15 is 0 Å². The first-order valence-electron chi connectivity index (χ1n) is 4.62. The van der Waals surface area contributed by atoms with Crippen molar-refractivity contribution in [2.45, 2.75) is 13.2 Å². The zero-order valence-electron chi connectivity index (χ0n) is 8.80. The van der Waals surface area contributed by atoms with Gasteiger partial charge in [0.25, 0.3) is 0 Å². The van der Waals surface area contributed by atoms with Gasteiger partial charge in [0.05, 0.1) is 0 Å². The Hall–Kier alpha value is -1.55. The first-order valence-corrected chi connectivity index (χ1v) is 4.62. The quantitative estimate of drug-likeness (QED) is 0.547. The highest BCUT2D eigenvalue weighted by Crippen LogP contribution is 2.08. The van der Waals surface area contributed by atoms with Crippen LogP contribution in [0.15, 0.2) is 30.3 Å². The highest BCUT2D eigenvalue weighted by molar-refractivity contribution is 5.71. The Morgan fingerprint density at radius 2 is 2.00 bits per heavy atom. The average Bonchev–Trinajstić information content (AvgIpc) is 2.27. The molecule has 0 bridgehead atoms. The van der Waals surface area contributed by atoms with Gasteiger partial charge in [0.15, 0.2) is 12.9 Å². The van der Waals surface area contributed by atoms with Crippen LogP contribution in [0.4, 0.5) is 0 Å². The van der Waals surface area contributed by atoms with Gasteiger partial charge in [-0.15, -0.1) is 0 Å². The van der Waals surface area contributed by atoms with Gasteiger partial charge >= 0.3 is 5.97 Å². The molecule has 1 rings (SSSR count). The molecule has 1 unspecified atom stereocenters. The Bertz CT molecular complexity index is 297. The molecule has 82 valence electrons. The van der Waals surface area contributed by atoms with Gasteiger partial charge in [0, 0.05) is 7.11 Å². The summed E-state index contributed by atoms with van der Waals surface area (Å²) >= 11 is 0. The maximum absolute atomic E-state index is 11.2. The van der Waals surface area contributed by atoms with Gasteiger partial charge in [0.2, 0.25) is 0 Å². The molecule has 15 heavy (non-hydrogen) atoms. The van der Waals surface area contributed by atoms with Crippen LogP contribution in [0.5, 0.6) is 5.75 Å². The van der Waals surface area contributed by atoms with Crippen molar-refractivity contribution in [3.8, 4) is 5.75 Å². The Kier molecular flexibility index (Phi) is 4.63. The molecule has 4 heteroatoms. The minimum Gasteiger partial charge on any atom is -0.482 e. The average molecular weight is 210 g/mol. The molecular weight excluding hydrogens is 196 g/mol. The van der Waals surface area contributed by atoms with E-state index in [1.807, 2.05) is 18.2 Å². The van der Waals surface area contributed by atoms with E-state index in [9.17, 15) is 4.79 Å². The van der Waals surface area contributed by atoms with Crippen LogP contribution in [0.25, 0.3) is 0 Å². The van der Waals surface area contributed by atoms with Crippen LogP contribution in [0.1, 0.15) is 6.92 Å². The topological polar surface area (TPSA) is 44.8 Å². The van der Waals surface area contributed by atoms with E-state index in [2.05, 4.69) is 0 Å². The van der Waals surface area contributed by atoms with Gasteiger partial charge in [-0.05, 0) is 19.1 Å². The smallest absolute Gasteiger partial charge is 0.346 e. The van der Waals surface area contributed by atoms with E-state index < -0.39 is 12.3 Å². The molecule has 0 aliphatic carbocycles. The second-order valence-electron chi connectivity index (χ2n) is 2.89. The molecule has 0 heterocycles. The number of methoxy groups -OCH3 is 1. The summed E-state index contributed by atoms with van der Waals surface area (Å²) in [6.45, 7) is 1.53. The summed E-state index contributed by atoms with van der Waals surface area (Å²) in [5.41, 5.74) is 0. The fourth-order valence-electron chi connectivity index (χ4n) is 0.926. The molecule has 0 N–H and O–H groups in total. The van der Waals surface area contributed by atoms with Gasteiger partial charge in [-0.2, -0.15) is 0 Å². The molecule has 1 aromatic carbocycles. The number of carbonyl (C=O) groups excluding carboxylic acids is 1. The van der Waals surface area contributed by atoms with Gasteiger partial charge in [-0.1, -0.05) is 18.2 Å². The first kappa shape index (κ1) is 11.5. The van der Waals surface area contributed by atoms with Crippen LogP contribution in [-0.4, -0.2) is 26.0 Å². The van der Waals surface area contributed by atoms with Gasteiger partial charge in [-0.3, -0.25) is 0 Å². The monoisotopic (exact) mass is 210 g/mol. The maximum Gasteiger partial charge on any atom is 0.346 e. The van der Waals surface area contributed by atoms with E-state index in [0.717, 1.165) is 0 Å². The number of hydrogen-bond donors (Lipinski definition) is 0. The molecule has 0 aromatic heterocycles. The Morgan fingerprint density at radius 3 is 2.60 bits per heavy atom. The lowest BCUT2D eigenvalue weighted by atomic mass is 10.3. The lowest BCUT2D eigenvalue weighted by Crippen LogP contribution is -2.21. The summed E-state index contributed by atoms with van der Waals surface area (Å²) in [5, 5.41) is 0. The van der Waals surface area contributed by atoms with Crippen LogP contribution in [0.2, 0.25) is 0 Å². The molecule has 0 amide bonds. The second-order valence-corrected chi connectivity index (χ2v) is 2.89. The third-order valence-electron chi connectivity index (χ3n) is 1.73. The van der Waals surface area contributed by atoms with Crippen molar-refractivity contribution in [1.29, 1.82) is 0 Å². The summed E-state index contributed by atoms with van der Waals surface area (Å²) in [7, 11) is 1.47. The van der Waals surface area contributed by atoms with Crippen molar-refractivity contribution in [2.75, 3.05) is 13.7 Å². The maximum atomic E-state index is 11.2. The number of carbonyl (C=O) groups is 1. The number of para-hydroxylation sites is 1. The predicted molar refractivity (Wildman–Crippen MR) is 54.5 cm³/mol. The van der Waals surface area contributed by atoms with Crippen molar-refractivity contribution >= 4 is 5.97 Å². The van der Waals surface area contributed by atoms with Crippen molar-refractivity contribution in [3.05, 3.63) is 30.3 Å². The molecule has 0 radical (unpaired) electrons.